The number of piperidine rings is 2. The lowest BCUT2D eigenvalue weighted by atomic mass is 9.82. The van der Waals surface area contributed by atoms with Gasteiger partial charge in [0.25, 0.3) is 6.09 Å². The molecule has 2 unspecified atom stereocenters. The maximum absolute atomic E-state index is 13.8. The number of nitrogens with zero attached hydrogens (tertiary/aromatic N) is 5. The number of aromatic amines is 1. The highest BCUT2D eigenvalue weighted by molar-refractivity contribution is 6.42. The molecule has 3 aromatic carbocycles. The van der Waals surface area contributed by atoms with Crippen molar-refractivity contribution in [1.82, 2.24) is 24.3 Å². The Morgan fingerprint density at radius 2 is 1.73 bits per heavy atom. The maximum atomic E-state index is 13.8. The van der Waals surface area contributed by atoms with Crippen LogP contribution in [0.15, 0.2) is 59.4 Å². The Balaban J connectivity index is 1.31. The van der Waals surface area contributed by atoms with Gasteiger partial charge in [0.05, 0.1) is 40.1 Å². The summed E-state index contributed by atoms with van der Waals surface area (Å²) in [6.45, 7) is 5.13. The highest BCUT2D eigenvalue weighted by Crippen LogP contribution is 2.47. The number of halogens is 2. The van der Waals surface area contributed by atoms with Crippen LogP contribution < -0.4 is 10.8 Å². The second-order valence-electron chi connectivity index (χ2n) is 13.9. The van der Waals surface area contributed by atoms with Crippen molar-refractivity contribution in [3.63, 3.8) is 0 Å². The minimum atomic E-state index is -1.24. The number of fused-ring (bicyclic) bond motifs is 3. The minimum Gasteiger partial charge on any atom is -0.498 e. The van der Waals surface area contributed by atoms with Gasteiger partial charge in [-0.25, -0.2) is 9.69 Å². The van der Waals surface area contributed by atoms with Crippen LogP contribution in [0.2, 0.25) is 10.0 Å². The fraction of sp³-hybridized carbons (Fsp3) is 0.472. The van der Waals surface area contributed by atoms with Crippen molar-refractivity contribution in [3.05, 3.63) is 80.7 Å². The molecule has 10 nitrogen and oxygen atoms in total. The average molecular weight is 694 g/mol. The number of amides is 1. The van der Waals surface area contributed by atoms with E-state index >= 15 is 0 Å². The average Bonchev–Trinajstić information content (AvgIpc) is 3.44. The molecule has 1 N–H and O–H groups in total. The van der Waals surface area contributed by atoms with E-state index in [1.54, 1.807) is 22.8 Å². The van der Waals surface area contributed by atoms with E-state index in [4.69, 9.17) is 23.2 Å². The van der Waals surface area contributed by atoms with E-state index in [-0.39, 0.29) is 37.7 Å². The molecule has 254 valence electrons. The highest BCUT2D eigenvalue weighted by atomic mass is 35.5. The molecule has 0 radical (unpaired) electrons. The van der Waals surface area contributed by atoms with E-state index in [0.717, 1.165) is 67.1 Å². The normalized spacial score (nSPS) is 26.7. The first-order chi connectivity index (χ1) is 23.2. The Morgan fingerprint density at radius 3 is 2.44 bits per heavy atom. The van der Waals surface area contributed by atoms with Gasteiger partial charge in [0, 0.05) is 56.0 Å². The van der Waals surface area contributed by atoms with Crippen molar-refractivity contribution in [2.75, 3.05) is 52.9 Å². The van der Waals surface area contributed by atoms with Crippen molar-refractivity contribution in [2.45, 2.75) is 56.4 Å². The molecule has 4 heterocycles. The van der Waals surface area contributed by atoms with Crippen molar-refractivity contribution in [1.29, 1.82) is 0 Å². The van der Waals surface area contributed by atoms with Crippen LogP contribution in [0.5, 0.6) is 0 Å². The lowest BCUT2D eigenvalue weighted by molar-refractivity contribution is -0.956. The number of carbonyl (C=O) groups excluding carboxylic acids is 2. The molecule has 1 amide bonds. The summed E-state index contributed by atoms with van der Waals surface area (Å²) >= 11 is 12.7. The molecule has 0 spiro atoms. The molecule has 7 rings (SSSR count). The Kier molecular flexibility index (Phi) is 9.16. The van der Waals surface area contributed by atoms with Gasteiger partial charge in [-0.05, 0) is 56.6 Å². The van der Waals surface area contributed by atoms with Gasteiger partial charge < -0.3 is 24.6 Å². The number of piperazine rings is 1. The molecular formula is C36H42Cl2N6O4. The molecule has 4 aromatic rings. The molecule has 48 heavy (non-hydrogen) atoms. The molecule has 1 aromatic heterocycles. The van der Waals surface area contributed by atoms with E-state index in [2.05, 4.69) is 26.7 Å². The molecule has 0 aliphatic carbocycles. The van der Waals surface area contributed by atoms with Gasteiger partial charge in [-0.3, -0.25) is 14.0 Å². The van der Waals surface area contributed by atoms with Crippen LogP contribution in [0.3, 0.4) is 0 Å². The van der Waals surface area contributed by atoms with Gasteiger partial charge >= 0.3 is 5.69 Å². The standard InChI is InChI=1S/C36H42Cl2N6O4/c1-40-14-10-27(11-15-40)41-16-18-42(19-17-41)36(13-21-45)23-28(12-20-44(36,35(47)48)24-25-6-8-30(37)31(38)22-25)43-32-9-7-26-4-2-3-5-29(26)33(32)39-34(43)46/h2-9,21-22,27-28H,10-20,23-24H2,1H3,(H-,39,46,47,48)/t28?,36?,44-/m0/s1. The lowest BCUT2D eigenvalue weighted by Crippen LogP contribution is -2.79. The van der Waals surface area contributed by atoms with Crippen molar-refractivity contribution in [2.24, 2.45) is 0 Å². The summed E-state index contributed by atoms with van der Waals surface area (Å²) in [6, 6.07) is 17.2. The molecular weight excluding hydrogens is 651 g/mol. The second kappa shape index (κ2) is 13.2. The zero-order valence-corrected chi connectivity index (χ0v) is 28.8. The number of H-pyrrole nitrogens is 1. The smallest absolute Gasteiger partial charge is 0.326 e. The molecule has 0 bridgehead atoms. The molecule has 3 atom stereocenters. The van der Waals surface area contributed by atoms with E-state index in [1.165, 1.54) is 0 Å². The largest absolute Gasteiger partial charge is 0.498 e. The van der Waals surface area contributed by atoms with Crippen LogP contribution in [0.25, 0.3) is 21.8 Å². The summed E-state index contributed by atoms with van der Waals surface area (Å²) in [5, 5.41) is 16.4. The second-order valence-corrected chi connectivity index (χ2v) is 14.7. The summed E-state index contributed by atoms with van der Waals surface area (Å²) in [5.41, 5.74) is 0.815. The molecule has 3 aliphatic heterocycles. The van der Waals surface area contributed by atoms with Crippen LogP contribution in [-0.2, 0) is 11.3 Å². The Hall–Kier alpha value is -3.25. The third-order valence-electron chi connectivity index (χ3n) is 11.5. The Bertz CT molecular complexity index is 1900. The Morgan fingerprint density at radius 1 is 0.979 bits per heavy atom. The number of likely N-dealkylation sites (tertiary alicyclic amines) is 2. The summed E-state index contributed by atoms with van der Waals surface area (Å²) < 4.78 is 1.33. The lowest BCUT2D eigenvalue weighted by Gasteiger charge is -2.61. The van der Waals surface area contributed by atoms with Crippen LogP contribution in [0.1, 0.15) is 43.7 Å². The van der Waals surface area contributed by atoms with E-state index < -0.39 is 16.2 Å². The zero-order chi connectivity index (χ0) is 33.6. The van der Waals surface area contributed by atoms with Crippen molar-refractivity contribution < 1.29 is 19.2 Å². The first-order valence-electron chi connectivity index (χ1n) is 16.9. The molecule has 12 heteroatoms. The van der Waals surface area contributed by atoms with Crippen LogP contribution in [-0.4, -0.2) is 106 Å². The Labute approximate surface area is 290 Å². The number of aromatic nitrogens is 2. The summed E-state index contributed by atoms with van der Waals surface area (Å²) in [7, 11) is 2.16. The zero-order valence-electron chi connectivity index (χ0n) is 27.2. The SMILES string of the molecule is CN1CCC(N2CCN(C3(CC=O)CC(n4c(=O)[nH]c5c6ccccc6ccc54)CC[N@+]3(Cc3ccc(Cl)c(Cl)c3)C(=O)[O-])CC2)CC1. The number of nitrogens with one attached hydrogen (secondary N) is 1. The summed E-state index contributed by atoms with van der Waals surface area (Å²) in [6.07, 6.45) is 2.49. The van der Waals surface area contributed by atoms with E-state index in [0.29, 0.717) is 41.2 Å². The minimum absolute atomic E-state index is 0.0208. The van der Waals surface area contributed by atoms with Gasteiger partial charge in [0.2, 0.25) is 0 Å². The quantitative estimate of drug-likeness (QED) is 0.225. The van der Waals surface area contributed by atoms with Gasteiger partial charge in [-0.1, -0.05) is 59.6 Å². The molecule has 3 fully saturated rings. The van der Waals surface area contributed by atoms with Gasteiger partial charge in [0.15, 0.2) is 5.66 Å². The number of aldehydes is 1. The third kappa shape index (κ3) is 5.66. The number of quaternary nitrogens is 1. The van der Waals surface area contributed by atoms with Crippen molar-refractivity contribution in [3.8, 4) is 0 Å². The number of benzene rings is 3. The topological polar surface area (TPSA) is 105 Å². The first-order valence-corrected chi connectivity index (χ1v) is 17.7. The van der Waals surface area contributed by atoms with Gasteiger partial charge in [-0.15, -0.1) is 0 Å². The number of hydrogen-bond acceptors (Lipinski definition) is 7. The number of imidazole rings is 1. The van der Waals surface area contributed by atoms with Gasteiger partial charge in [-0.2, -0.15) is 0 Å². The number of rotatable bonds is 7. The molecule has 3 saturated heterocycles. The van der Waals surface area contributed by atoms with Crippen LogP contribution >= 0.6 is 23.2 Å². The number of carbonyl (C=O) groups is 2. The first kappa shape index (κ1) is 33.3. The number of hydrogen-bond donors (Lipinski definition) is 1. The summed E-state index contributed by atoms with van der Waals surface area (Å²) in [5.74, 6) is 0. The third-order valence-corrected chi connectivity index (χ3v) is 12.2. The van der Waals surface area contributed by atoms with E-state index in [9.17, 15) is 19.5 Å². The van der Waals surface area contributed by atoms with Gasteiger partial charge in [0.1, 0.15) is 12.8 Å². The van der Waals surface area contributed by atoms with Crippen molar-refractivity contribution >= 4 is 57.4 Å². The fourth-order valence-corrected chi connectivity index (χ4v) is 9.29. The van der Waals surface area contributed by atoms with Crippen LogP contribution in [0, 0.1) is 0 Å². The molecule has 3 aliphatic rings. The number of carboxylic acid groups (broad SMARTS) is 1. The highest BCUT2D eigenvalue weighted by Gasteiger charge is 2.60. The maximum Gasteiger partial charge on any atom is 0.326 e. The van der Waals surface area contributed by atoms with E-state index in [1.807, 2.05) is 36.4 Å². The fourth-order valence-electron chi connectivity index (χ4n) is 8.97. The summed E-state index contributed by atoms with van der Waals surface area (Å²) in [4.78, 5) is 50.4. The molecule has 0 saturated carbocycles. The predicted molar refractivity (Wildman–Crippen MR) is 186 cm³/mol. The monoisotopic (exact) mass is 692 g/mol. The van der Waals surface area contributed by atoms with Crippen LogP contribution in [0.4, 0.5) is 4.79 Å². The predicted octanol–water partition coefficient (Wildman–Crippen LogP) is 4.48.